The molecule has 0 radical (unpaired) electrons. The summed E-state index contributed by atoms with van der Waals surface area (Å²) >= 11 is 0. The van der Waals surface area contributed by atoms with Gasteiger partial charge in [0.2, 0.25) is 0 Å². The van der Waals surface area contributed by atoms with Crippen LogP contribution in [0.25, 0.3) is 0 Å². The maximum absolute atomic E-state index is 11.7. The third kappa shape index (κ3) is 3.72. The summed E-state index contributed by atoms with van der Waals surface area (Å²) in [4.78, 5) is 17.5. The second-order valence-electron chi connectivity index (χ2n) is 4.99. The Labute approximate surface area is 107 Å². The van der Waals surface area contributed by atoms with Gasteiger partial charge in [-0.15, -0.1) is 0 Å². The maximum atomic E-state index is 11.7. The second-order valence-corrected chi connectivity index (χ2v) is 4.99. The van der Waals surface area contributed by atoms with Crippen LogP contribution in [0, 0.1) is 0 Å². The molecule has 1 rings (SSSR count). The smallest absolute Gasteiger partial charge is 0.417 e. The van der Waals surface area contributed by atoms with Gasteiger partial charge in [0.15, 0.2) is 12.4 Å². The quantitative estimate of drug-likeness (QED) is 0.799. The van der Waals surface area contributed by atoms with Gasteiger partial charge in [-0.25, -0.2) is 0 Å². The van der Waals surface area contributed by atoms with E-state index in [-0.39, 0.29) is 24.0 Å². The highest BCUT2D eigenvalue weighted by Gasteiger charge is 2.22. The van der Waals surface area contributed by atoms with E-state index in [1.807, 2.05) is 34.6 Å². The van der Waals surface area contributed by atoms with Crippen molar-refractivity contribution in [1.82, 2.24) is 15.0 Å². The lowest BCUT2D eigenvalue weighted by molar-refractivity contribution is -0.133. The van der Waals surface area contributed by atoms with E-state index in [1.165, 1.54) is 0 Å². The van der Waals surface area contributed by atoms with Crippen LogP contribution in [0.1, 0.15) is 40.4 Å². The van der Waals surface area contributed by atoms with Crippen LogP contribution in [0.15, 0.2) is 4.52 Å². The Morgan fingerprint density at radius 2 is 1.94 bits per heavy atom. The Morgan fingerprint density at radius 3 is 2.39 bits per heavy atom. The van der Waals surface area contributed by atoms with E-state index in [0.717, 1.165) is 0 Å². The molecule has 102 valence electrons. The number of amides is 1. The zero-order valence-corrected chi connectivity index (χ0v) is 11.7. The monoisotopic (exact) mass is 255 g/mol. The zero-order valence-electron chi connectivity index (χ0n) is 11.7. The van der Waals surface area contributed by atoms with Crippen molar-refractivity contribution in [1.29, 1.82) is 0 Å². The van der Waals surface area contributed by atoms with Crippen LogP contribution in [0.3, 0.4) is 0 Å². The van der Waals surface area contributed by atoms with E-state index in [9.17, 15) is 4.79 Å². The zero-order chi connectivity index (χ0) is 13.8. The Morgan fingerprint density at radius 1 is 1.33 bits per heavy atom. The fourth-order valence-electron chi connectivity index (χ4n) is 1.36. The van der Waals surface area contributed by atoms with Crippen molar-refractivity contribution in [2.24, 2.45) is 0 Å². The van der Waals surface area contributed by atoms with Gasteiger partial charge < -0.3 is 9.64 Å². The SMILES string of the molecule is CCN(CC)C(=O)COc1nc(C(C)(C)C)no1. The number of likely N-dealkylation sites (N-methyl/N-ethyl adjacent to an activating group) is 1. The normalized spacial score (nSPS) is 11.4. The first-order chi connectivity index (χ1) is 8.38. The Kier molecular flexibility index (Phi) is 4.69. The van der Waals surface area contributed by atoms with E-state index in [2.05, 4.69) is 10.1 Å². The third-order valence-corrected chi connectivity index (χ3v) is 2.51. The fourth-order valence-corrected chi connectivity index (χ4v) is 1.36. The van der Waals surface area contributed by atoms with Crippen LogP contribution in [0.2, 0.25) is 0 Å². The Hall–Kier alpha value is -1.59. The minimum absolute atomic E-state index is 0.0421. The standard InChI is InChI=1S/C12H21N3O3/c1-6-15(7-2)9(16)8-17-11-13-10(14-18-11)12(3,4)5/h6-8H2,1-5H3. The van der Waals surface area contributed by atoms with E-state index in [1.54, 1.807) is 4.90 Å². The molecular formula is C12H21N3O3. The first-order valence-corrected chi connectivity index (χ1v) is 6.13. The molecule has 0 aromatic carbocycles. The van der Waals surface area contributed by atoms with Gasteiger partial charge in [0, 0.05) is 18.5 Å². The number of aromatic nitrogens is 2. The number of hydrogen-bond donors (Lipinski definition) is 0. The lowest BCUT2D eigenvalue weighted by Gasteiger charge is -2.17. The van der Waals surface area contributed by atoms with Crippen molar-refractivity contribution in [3.63, 3.8) is 0 Å². The number of hydrogen-bond acceptors (Lipinski definition) is 5. The molecular weight excluding hydrogens is 234 g/mol. The predicted molar refractivity (Wildman–Crippen MR) is 66.4 cm³/mol. The van der Waals surface area contributed by atoms with Gasteiger partial charge >= 0.3 is 6.08 Å². The predicted octanol–water partition coefficient (Wildman–Crippen LogP) is 1.61. The number of nitrogens with zero attached hydrogens (tertiary/aromatic N) is 3. The molecule has 0 bridgehead atoms. The summed E-state index contributed by atoms with van der Waals surface area (Å²) < 4.78 is 10.1. The molecule has 0 atom stereocenters. The lowest BCUT2D eigenvalue weighted by Crippen LogP contribution is -2.34. The van der Waals surface area contributed by atoms with Crippen LogP contribution < -0.4 is 4.74 Å². The number of carbonyl (C=O) groups is 1. The van der Waals surface area contributed by atoms with Gasteiger partial charge in [-0.1, -0.05) is 25.9 Å². The molecule has 1 heterocycles. The summed E-state index contributed by atoms with van der Waals surface area (Å²) in [7, 11) is 0. The maximum Gasteiger partial charge on any atom is 0.417 e. The molecule has 1 aromatic heterocycles. The molecule has 0 saturated carbocycles. The fraction of sp³-hybridized carbons (Fsp3) is 0.750. The largest absolute Gasteiger partial charge is 0.439 e. The highest BCUT2D eigenvalue weighted by Crippen LogP contribution is 2.20. The summed E-state index contributed by atoms with van der Waals surface area (Å²) in [5.74, 6) is 0.475. The van der Waals surface area contributed by atoms with Crippen molar-refractivity contribution in [2.45, 2.75) is 40.0 Å². The summed E-state index contributed by atoms with van der Waals surface area (Å²) in [5, 5.41) is 3.81. The van der Waals surface area contributed by atoms with Crippen LogP contribution in [-0.4, -0.2) is 40.6 Å². The van der Waals surface area contributed by atoms with Gasteiger partial charge in [-0.05, 0) is 13.8 Å². The molecule has 1 aromatic rings. The van der Waals surface area contributed by atoms with Crippen molar-refractivity contribution in [2.75, 3.05) is 19.7 Å². The molecule has 6 heteroatoms. The van der Waals surface area contributed by atoms with Crippen molar-refractivity contribution >= 4 is 5.91 Å². The van der Waals surface area contributed by atoms with Crippen LogP contribution >= 0.6 is 0 Å². The first-order valence-electron chi connectivity index (χ1n) is 6.13. The average molecular weight is 255 g/mol. The van der Waals surface area contributed by atoms with E-state index in [4.69, 9.17) is 9.26 Å². The van der Waals surface area contributed by atoms with Gasteiger partial charge in [0.25, 0.3) is 5.91 Å². The number of ether oxygens (including phenoxy) is 1. The molecule has 18 heavy (non-hydrogen) atoms. The van der Waals surface area contributed by atoms with E-state index in [0.29, 0.717) is 18.9 Å². The minimum Gasteiger partial charge on any atom is -0.439 e. The molecule has 0 aliphatic heterocycles. The topological polar surface area (TPSA) is 68.5 Å². The molecule has 6 nitrogen and oxygen atoms in total. The minimum atomic E-state index is -0.200. The molecule has 0 fully saturated rings. The third-order valence-electron chi connectivity index (χ3n) is 2.51. The molecule has 0 spiro atoms. The van der Waals surface area contributed by atoms with Crippen LogP contribution in [-0.2, 0) is 10.2 Å². The van der Waals surface area contributed by atoms with E-state index < -0.39 is 0 Å². The van der Waals surface area contributed by atoms with E-state index >= 15 is 0 Å². The summed E-state index contributed by atoms with van der Waals surface area (Å²) in [6.07, 6.45) is 0.0421. The molecule has 0 N–H and O–H groups in total. The summed E-state index contributed by atoms with van der Waals surface area (Å²) in [6.45, 7) is 11.0. The average Bonchev–Trinajstić information content (AvgIpc) is 2.76. The highest BCUT2D eigenvalue weighted by molar-refractivity contribution is 5.77. The van der Waals surface area contributed by atoms with Gasteiger partial charge in [0.1, 0.15) is 0 Å². The Balaban J connectivity index is 2.54. The molecule has 0 aliphatic rings. The van der Waals surface area contributed by atoms with Crippen molar-refractivity contribution in [3.05, 3.63) is 5.82 Å². The van der Waals surface area contributed by atoms with Gasteiger partial charge in [-0.3, -0.25) is 9.32 Å². The highest BCUT2D eigenvalue weighted by atomic mass is 16.6. The number of carbonyl (C=O) groups excluding carboxylic acids is 1. The summed E-state index contributed by atoms with van der Waals surface area (Å²) in [5.41, 5.74) is -0.200. The molecule has 0 unspecified atom stereocenters. The van der Waals surface area contributed by atoms with Gasteiger partial charge in [-0.2, -0.15) is 4.98 Å². The molecule has 0 aliphatic carbocycles. The van der Waals surface area contributed by atoms with Crippen LogP contribution in [0.5, 0.6) is 6.08 Å². The molecule has 1 amide bonds. The van der Waals surface area contributed by atoms with Crippen molar-refractivity contribution in [3.8, 4) is 6.08 Å². The molecule has 0 saturated heterocycles. The first kappa shape index (κ1) is 14.5. The summed E-state index contributed by atoms with van der Waals surface area (Å²) in [6, 6.07) is 0. The van der Waals surface area contributed by atoms with Crippen LogP contribution in [0.4, 0.5) is 0 Å². The lowest BCUT2D eigenvalue weighted by atomic mass is 9.96. The van der Waals surface area contributed by atoms with Gasteiger partial charge in [0.05, 0.1) is 0 Å². The second kappa shape index (κ2) is 5.84. The number of rotatable bonds is 5. The van der Waals surface area contributed by atoms with Crippen molar-refractivity contribution < 1.29 is 14.1 Å². The Bertz CT molecular complexity index is 392.